The van der Waals surface area contributed by atoms with E-state index in [1.807, 2.05) is 0 Å². The molecule has 0 bridgehead atoms. The van der Waals surface area contributed by atoms with Crippen molar-refractivity contribution in [3.8, 4) is 5.75 Å². The van der Waals surface area contributed by atoms with Crippen molar-refractivity contribution in [2.75, 3.05) is 24.6 Å². The van der Waals surface area contributed by atoms with E-state index in [2.05, 4.69) is 4.98 Å². The summed E-state index contributed by atoms with van der Waals surface area (Å²) >= 11 is 12.4. The molecule has 1 aliphatic carbocycles. The van der Waals surface area contributed by atoms with Crippen LogP contribution in [0.3, 0.4) is 0 Å². The Morgan fingerprint density at radius 1 is 1.15 bits per heavy atom. The SMILES string of the molecule is Cc1cc(OCC(C(=O)C2CC2)=C(N)c2c(Cl)cc(F)cc2Cl)ccc1C1(O)CN(c2ncc(C(=O)O)cc2F)C1. The van der Waals surface area contributed by atoms with E-state index in [0.29, 0.717) is 16.9 Å². The molecule has 3 aromatic rings. The third-order valence-electron chi connectivity index (χ3n) is 7.20. The highest BCUT2D eigenvalue weighted by Crippen LogP contribution is 2.39. The summed E-state index contributed by atoms with van der Waals surface area (Å²) in [7, 11) is 0. The van der Waals surface area contributed by atoms with Crippen molar-refractivity contribution < 1.29 is 33.3 Å². The molecule has 1 aliphatic heterocycles. The number of ether oxygens (including phenoxy) is 1. The van der Waals surface area contributed by atoms with Crippen molar-refractivity contribution in [1.82, 2.24) is 4.98 Å². The summed E-state index contributed by atoms with van der Waals surface area (Å²) < 4.78 is 34.1. The van der Waals surface area contributed by atoms with E-state index in [1.54, 1.807) is 25.1 Å². The molecule has 0 amide bonds. The molecule has 2 heterocycles. The Morgan fingerprint density at radius 2 is 1.80 bits per heavy atom. The molecule has 2 fully saturated rings. The van der Waals surface area contributed by atoms with Gasteiger partial charge in [-0.3, -0.25) is 4.79 Å². The molecule has 12 heteroatoms. The van der Waals surface area contributed by atoms with E-state index in [-0.39, 0.29) is 69.7 Å². The standard InChI is InChI=1S/C29H25Cl2F2N3O5/c1-14-6-18(4-5-20(14)29(40)12-36(13-29)27-23(33)7-16(10-35-27)28(38)39)41-11-19(26(37)15-2-3-15)25(34)24-21(30)8-17(32)9-22(24)31/h4-10,15,40H,2-3,11-13,34H2,1H3,(H,38,39). The van der Waals surface area contributed by atoms with Crippen LogP contribution in [0.5, 0.6) is 5.75 Å². The van der Waals surface area contributed by atoms with E-state index in [0.717, 1.165) is 37.2 Å². The van der Waals surface area contributed by atoms with E-state index in [1.165, 1.54) is 4.90 Å². The second-order valence-corrected chi connectivity index (χ2v) is 11.1. The molecule has 0 radical (unpaired) electrons. The molecule has 0 atom stereocenters. The zero-order chi connectivity index (χ0) is 29.6. The van der Waals surface area contributed by atoms with E-state index in [4.69, 9.17) is 38.8 Å². The van der Waals surface area contributed by atoms with Gasteiger partial charge in [-0.25, -0.2) is 18.6 Å². The predicted octanol–water partition coefficient (Wildman–Crippen LogP) is 5.11. The van der Waals surface area contributed by atoms with Gasteiger partial charge in [-0.15, -0.1) is 0 Å². The van der Waals surface area contributed by atoms with Crippen LogP contribution in [-0.2, 0) is 10.4 Å². The van der Waals surface area contributed by atoms with Gasteiger partial charge in [0.25, 0.3) is 0 Å². The lowest BCUT2D eigenvalue weighted by Crippen LogP contribution is -2.60. The third kappa shape index (κ3) is 5.72. The number of anilines is 1. The van der Waals surface area contributed by atoms with Crippen LogP contribution in [-0.4, -0.2) is 46.6 Å². The molecule has 1 saturated carbocycles. The first-order valence-corrected chi connectivity index (χ1v) is 13.4. The molecule has 214 valence electrons. The van der Waals surface area contributed by atoms with Crippen LogP contribution in [0.25, 0.3) is 5.70 Å². The lowest BCUT2D eigenvalue weighted by molar-refractivity contribution is -0.116. The number of carbonyl (C=O) groups is 2. The van der Waals surface area contributed by atoms with Crippen molar-refractivity contribution in [2.45, 2.75) is 25.4 Å². The second-order valence-electron chi connectivity index (χ2n) is 10.3. The molecule has 1 saturated heterocycles. The fourth-order valence-corrected chi connectivity index (χ4v) is 5.58. The average Bonchev–Trinajstić information content (AvgIpc) is 3.72. The number of nitrogens with two attached hydrogens (primary N) is 1. The van der Waals surface area contributed by atoms with Gasteiger partial charge in [-0.2, -0.15) is 0 Å². The van der Waals surface area contributed by atoms with Gasteiger partial charge >= 0.3 is 5.97 Å². The highest BCUT2D eigenvalue weighted by molar-refractivity contribution is 6.37. The van der Waals surface area contributed by atoms with Crippen LogP contribution in [0.4, 0.5) is 14.6 Å². The first-order valence-electron chi connectivity index (χ1n) is 12.7. The monoisotopic (exact) mass is 603 g/mol. The Balaban J connectivity index is 1.33. The molecule has 8 nitrogen and oxygen atoms in total. The van der Waals surface area contributed by atoms with Crippen LogP contribution >= 0.6 is 23.2 Å². The van der Waals surface area contributed by atoms with Crippen LogP contribution in [0, 0.1) is 24.5 Å². The maximum absolute atomic E-state index is 14.4. The fraction of sp³-hybridized carbons (Fsp3) is 0.276. The number of halogens is 4. The number of aryl methyl sites for hydroxylation is 1. The Hall–Kier alpha value is -3.73. The summed E-state index contributed by atoms with van der Waals surface area (Å²) in [4.78, 5) is 29.5. The Morgan fingerprint density at radius 3 is 2.37 bits per heavy atom. The summed E-state index contributed by atoms with van der Waals surface area (Å²) in [5, 5.41) is 20.2. The number of pyridine rings is 1. The summed E-state index contributed by atoms with van der Waals surface area (Å²) in [6.45, 7) is 1.69. The van der Waals surface area contributed by atoms with E-state index < -0.39 is 23.2 Å². The zero-order valence-electron chi connectivity index (χ0n) is 21.8. The van der Waals surface area contributed by atoms with Crippen LogP contribution in [0.1, 0.15) is 39.9 Å². The lowest BCUT2D eigenvalue weighted by Gasteiger charge is -2.48. The molecule has 2 aliphatic rings. The number of aromatic carboxylic acids is 1. The van der Waals surface area contributed by atoms with Gasteiger partial charge in [0.1, 0.15) is 23.8 Å². The summed E-state index contributed by atoms with van der Waals surface area (Å²) in [6.07, 6.45) is 2.52. The van der Waals surface area contributed by atoms with Gasteiger partial charge in [-0.1, -0.05) is 29.3 Å². The zero-order valence-corrected chi connectivity index (χ0v) is 23.3. The van der Waals surface area contributed by atoms with Crippen molar-refractivity contribution in [2.24, 2.45) is 11.7 Å². The van der Waals surface area contributed by atoms with Crippen LogP contribution in [0.15, 0.2) is 48.2 Å². The largest absolute Gasteiger partial charge is 0.489 e. The van der Waals surface area contributed by atoms with Gasteiger partial charge < -0.3 is 25.6 Å². The van der Waals surface area contributed by atoms with Gasteiger partial charge in [0.2, 0.25) is 0 Å². The number of carboxylic acids is 1. The second kappa shape index (κ2) is 10.9. The molecule has 1 aromatic heterocycles. The summed E-state index contributed by atoms with van der Waals surface area (Å²) in [5.74, 6) is -2.71. The predicted molar refractivity (Wildman–Crippen MR) is 149 cm³/mol. The Kier molecular flexibility index (Phi) is 7.67. The number of benzene rings is 2. The minimum absolute atomic E-state index is 0.0198. The Labute approximate surface area is 244 Å². The number of β-amino-alcohol motifs (C(OH)–C–C–N with tert-alkyl or cyclic N) is 1. The number of carboxylic acid groups (broad SMARTS) is 1. The number of rotatable bonds is 9. The molecule has 41 heavy (non-hydrogen) atoms. The van der Waals surface area contributed by atoms with Crippen LogP contribution in [0.2, 0.25) is 10.0 Å². The average molecular weight is 604 g/mol. The highest BCUT2D eigenvalue weighted by Gasteiger charge is 2.45. The first kappa shape index (κ1) is 28.8. The molecular weight excluding hydrogens is 579 g/mol. The number of aromatic nitrogens is 1. The van der Waals surface area contributed by atoms with Gasteiger partial charge in [0, 0.05) is 17.7 Å². The number of aliphatic hydroxyl groups is 1. The number of ketones is 1. The fourth-order valence-electron chi connectivity index (χ4n) is 4.91. The highest BCUT2D eigenvalue weighted by atomic mass is 35.5. The van der Waals surface area contributed by atoms with Crippen molar-refractivity contribution in [1.29, 1.82) is 0 Å². The Bertz CT molecular complexity index is 1580. The number of hydrogen-bond acceptors (Lipinski definition) is 7. The minimum Gasteiger partial charge on any atom is -0.489 e. The molecule has 5 rings (SSSR count). The topological polar surface area (TPSA) is 126 Å². The third-order valence-corrected chi connectivity index (χ3v) is 7.80. The summed E-state index contributed by atoms with van der Waals surface area (Å²) in [6, 6.07) is 8.04. The van der Waals surface area contributed by atoms with E-state index >= 15 is 0 Å². The molecule has 2 aromatic carbocycles. The molecular formula is C29H25Cl2F2N3O5. The quantitative estimate of drug-likeness (QED) is 0.288. The van der Waals surface area contributed by atoms with E-state index in [9.17, 15) is 23.5 Å². The lowest BCUT2D eigenvalue weighted by atomic mass is 9.83. The van der Waals surface area contributed by atoms with Gasteiger partial charge in [0.05, 0.1) is 40.0 Å². The maximum Gasteiger partial charge on any atom is 0.337 e. The minimum atomic E-state index is -1.30. The molecule has 4 N–H and O–H groups in total. The molecule has 0 unspecified atom stereocenters. The number of hydrogen-bond donors (Lipinski definition) is 3. The van der Waals surface area contributed by atoms with Crippen LogP contribution < -0.4 is 15.4 Å². The first-order chi connectivity index (χ1) is 19.4. The van der Waals surface area contributed by atoms with Gasteiger partial charge in [0.15, 0.2) is 17.4 Å². The van der Waals surface area contributed by atoms with Gasteiger partial charge in [-0.05, 0) is 61.2 Å². The number of Topliss-reactive ketones (excluding diaryl/α,β-unsaturated/α-hetero) is 1. The smallest absolute Gasteiger partial charge is 0.337 e. The normalized spacial score (nSPS) is 16.6. The molecule has 0 spiro atoms. The van der Waals surface area contributed by atoms with Crippen molar-refractivity contribution in [3.63, 3.8) is 0 Å². The summed E-state index contributed by atoms with van der Waals surface area (Å²) in [5.41, 5.74) is 6.43. The maximum atomic E-state index is 14.4. The number of nitrogens with zero attached hydrogens (tertiary/aromatic N) is 2. The number of carbonyl (C=O) groups excluding carboxylic acids is 1. The van der Waals surface area contributed by atoms with Crippen molar-refractivity contribution in [3.05, 3.63) is 92.1 Å². The van der Waals surface area contributed by atoms with Crippen molar-refractivity contribution >= 4 is 46.5 Å².